The van der Waals surface area contributed by atoms with E-state index in [0.717, 1.165) is 14.2 Å². The molecule has 0 spiro atoms. The van der Waals surface area contributed by atoms with Gasteiger partial charge >= 0.3 is 27.4 Å². The maximum Gasteiger partial charge on any atom is 0.461 e. The van der Waals surface area contributed by atoms with Crippen LogP contribution in [0.1, 0.15) is 13.8 Å². The van der Waals surface area contributed by atoms with Crippen molar-refractivity contribution in [2.75, 3.05) is 20.8 Å². The number of para-hydroxylation sites is 2. The van der Waals surface area contributed by atoms with Crippen molar-refractivity contribution >= 4 is 27.4 Å². The van der Waals surface area contributed by atoms with Crippen LogP contribution in [0.3, 0.4) is 0 Å². The number of carbonyl (C=O) groups excluding carboxylic acids is 2. The molecular weight excluding hydrogens is 654 g/mol. The van der Waals surface area contributed by atoms with Gasteiger partial charge in [0.05, 0.1) is 20.8 Å². The molecule has 0 aliphatic carbocycles. The van der Waals surface area contributed by atoms with Gasteiger partial charge in [-0.25, -0.2) is 9.13 Å². The third-order valence-electron chi connectivity index (χ3n) is 6.39. The zero-order valence-electron chi connectivity index (χ0n) is 25.3. The highest BCUT2D eigenvalue weighted by Crippen LogP contribution is 2.48. The predicted molar refractivity (Wildman–Crippen MR) is 158 cm³/mol. The van der Waals surface area contributed by atoms with E-state index in [2.05, 4.69) is 19.6 Å². The second-order valence-electron chi connectivity index (χ2n) is 9.96. The zero-order valence-corrected chi connectivity index (χ0v) is 27.1. The Hall–Kier alpha value is -2.92. The summed E-state index contributed by atoms with van der Waals surface area (Å²) >= 11 is 0. The molecule has 0 aromatic heterocycles. The van der Waals surface area contributed by atoms with Crippen molar-refractivity contribution in [3.05, 3.63) is 60.7 Å². The molecule has 3 rings (SSSR count). The topological polar surface area (TPSA) is 238 Å². The molecule has 2 unspecified atom stereocenters. The molecule has 1 fully saturated rings. The summed E-state index contributed by atoms with van der Waals surface area (Å²) in [6.07, 6.45) is -11.8. The lowest BCUT2D eigenvalue weighted by Gasteiger charge is -2.42. The molecule has 1 heterocycles. The number of esters is 2. The van der Waals surface area contributed by atoms with Crippen LogP contribution in [-0.4, -0.2) is 102 Å². The van der Waals surface area contributed by atoms with Gasteiger partial charge in [0.1, 0.15) is 54.1 Å². The third kappa shape index (κ3) is 10.3. The Morgan fingerprint density at radius 1 is 0.783 bits per heavy atom. The first-order valence-electron chi connectivity index (χ1n) is 13.8. The molecule has 256 valence electrons. The summed E-state index contributed by atoms with van der Waals surface area (Å²) in [6.45, 7) is 1.73. The van der Waals surface area contributed by atoms with Gasteiger partial charge in [0.15, 0.2) is 6.29 Å². The molecule has 1 aliphatic rings. The highest BCUT2D eigenvalue weighted by atomic mass is 31.2. The molecule has 1 saturated heterocycles. The van der Waals surface area contributed by atoms with Crippen molar-refractivity contribution in [2.24, 2.45) is 0 Å². The summed E-state index contributed by atoms with van der Waals surface area (Å²) in [5.41, 5.74) is 0. The summed E-state index contributed by atoms with van der Waals surface area (Å²) in [4.78, 5) is 24.0. The highest BCUT2D eigenvalue weighted by Gasteiger charge is 2.50. The van der Waals surface area contributed by atoms with Gasteiger partial charge in [0.25, 0.3) is 0 Å². The molecule has 2 aromatic carbocycles. The number of nitrogens with one attached hydrogen (secondary N) is 2. The van der Waals surface area contributed by atoms with Gasteiger partial charge in [-0.1, -0.05) is 36.4 Å². The van der Waals surface area contributed by atoms with Gasteiger partial charge in [-0.15, -0.1) is 0 Å². The van der Waals surface area contributed by atoms with Crippen molar-refractivity contribution in [1.82, 2.24) is 10.2 Å². The molecule has 19 heteroatoms. The number of benzene rings is 2. The van der Waals surface area contributed by atoms with Crippen molar-refractivity contribution in [1.29, 1.82) is 0 Å². The number of hydrogen-bond acceptors (Lipinski definition) is 15. The molecular formula is C27H38N2O15P2. The van der Waals surface area contributed by atoms with E-state index in [1.807, 2.05) is 0 Å². The number of aliphatic hydroxyl groups is 4. The van der Waals surface area contributed by atoms with Crippen molar-refractivity contribution in [2.45, 2.75) is 62.7 Å². The molecule has 2 aromatic rings. The van der Waals surface area contributed by atoms with E-state index in [-0.39, 0.29) is 11.5 Å². The lowest BCUT2D eigenvalue weighted by atomic mass is 9.96. The number of methoxy groups -OCH3 is 2. The molecule has 6 N–H and O–H groups in total. The molecule has 10 atom stereocenters. The van der Waals surface area contributed by atoms with E-state index in [9.17, 15) is 39.1 Å². The fourth-order valence-corrected chi connectivity index (χ4v) is 7.12. The fourth-order valence-electron chi connectivity index (χ4n) is 4.03. The maximum atomic E-state index is 13.8. The normalized spacial score (nSPS) is 26.0. The van der Waals surface area contributed by atoms with Gasteiger partial charge in [-0.2, -0.15) is 10.2 Å². The molecule has 1 aliphatic heterocycles. The first kappa shape index (κ1) is 37.5. The average molecular weight is 693 g/mol. The van der Waals surface area contributed by atoms with Crippen LogP contribution >= 0.6 is 15.5 Å². The van der Waals surface area contributed by atoms with Gasteiger partial charge in [-0.3, -0.25) is 18.6 Å². The van der Waals surface area contributed by atoms with E-state index >= 15 is 0 Å². The Morgan fingerprint density at radius 2 is 1.24 bits per heavy atom. The van der Waals surface area contributed by atoms with Crippen LogP contribution in [0.15, 0.2) is 60.7 Å². The van der Waals surface area contributed by atoms with Crippen molar-refractivity contribution in [3.63, 3.8) is 0 Å². The van der Waals surface area contributed by atoms with Gasteiger partial charge in [0, 0.05) is 0 Å². The standard InChI is InChI=1S/C27H38N2O15P2/c1-16(25(34)38-3)28-45(36,42-18-11-7-5-8-12-18)40-15-20(30)24-22(32)21(31)23(33)27(41-24)44-46(37,29-17(2)26(35)39-4)43-19-13-9-6-10-14-19/h5-14,16-17,20-24,27,30-33H,15H2,1-4H3,(H,28,36)(H,29,37)/t16-,17-,20+,21-,22-,23-,24+,27-,45?,46?/m0/s1. The van der Waals surface area contributed by atoms with E-state index in [4.69, 9.17) is 22.8 Å². The van der Waals surface area contributed by atoms with E-state index in [1.54, 1.807) is 36.4 Å². The highest BCUT2D eigenvalue weighted by molar-refractivity contribution is 7.52. The van der Waals surface area contributed by atoms with Crippen molar-refractivity contribution < 1.29 is 71.5 Å². The van der Waals surface area contributed by atoms with Gasteiger partial charge in [0.2, 0.25) is 0 Å². The summed E-state index contributed by atoms with van der Waals surface area (Å²) in [5, 5.41) is 47.5. The van der Waals surface area contributed by atoms with Gasteiger partial charge in [-0.05, 0) is 38.1 Å². The number of hydrogen-bond donors (Lipinski definition) is 6. The smallest absolute Gasteiger partial charge is 0.461 e. The van der Waals surface area contributed by atoms with Crippen molar-refractivity contribution in [3.8, 4) is 11.5 Å². The van der Waals surface area contributed by atoms with Crippen LogP contribution in [-0.2, 0) is 42.0 Å². The number of aliphatic hydroxyl groups excluding tert-OH is 4. The third-order valence-corrected chi connectivity index (χ3v) is 9.68. The largest absolute Gasteiger partial charge is 0.468 e. The quantitative estimate of drug-likeness (QED) is 0.106. The summed E-state index contributed by atoms with van der Waals surface area (Å²) in [7, 11) is -6.87. The lowest BCUT2D eigenvalue weighted by Crippen LogP contribution is -2.61. The molecule has 0 bridgehead atoms. The lowest BCUT2D eigenvalue weighted by molar-refractivity contribution is -0.291. The molecule has 17 nitrogen and oxygen atoms in total. The minimum atomic E-state index is -4.64. The molecule has 0 saturated carbocycles. The molecule has 0 radical (unpaired) electrons. The summed E-state index contributed by atoms with van der Waals surface area (Å²) < 4.78 is 64.0. The predicted octanol–water partition coefficient (Wildman–Crippen LogP) is 0.865. The Bertz CT molecular complexity index is 1370. The van der Waals surface area contributed by atoms with Crippen LogP contribution in [0, 0.1) is 0 Å². The average Bonchev–Trinajstić information content (AvgIpc) is 3.03. The fraction of sp³-hybridized carbons (Fsp3) is 0.481. The number of ether oxygens (including phenoxy) is 3. The van der Waals surface area contributed by atoms with Gasteiger partial charge < -0.3 is 43.7 Å². The summed E-state index contributed by atoms with van der Waals surface area (Å²) in [6, 6.07) is 12.9. The number of carbonyl (C=O) groups is 2. The molecule has 46 heavy (non-hydrogen) atoms. The van der Waals surface area contributed by atoms with Crippen LogP contribution < -0.4 is 19.2 Å². The van der Waals surface area contributed by atoms with E-state index < -0.39 is 82.9 Å². The molecule has 0 amide bonds. The monoisotopic (exact) mass is 692 g/mol. The van der Waals surface area contributed by atoms with Crippen LogP contribution in [0.2, 0.25) is 0 Å². The Kier molecular flexibility index (Phi) is 13.7. The second kappa shape index (κ2) is 16.8. The minimum Gasteiger partial charge on any atom is -0.468 e. The second-order valence-corrected chi connectivity index (χ2v) is 13.3. The SMILES string of the molecule is COC(=O)[C@H](C)NP(=O)(OC[C@@H](O)[C@H]1O[C@@H](OP(=O)(N[C@@H](C)C(=O)OC)Oc2ccccc2)[C@@H](O)[C@@H](O)[C@@H]1O)Oc1ccccc1. The minimum absolute atomic E-state index is 0.0223. The maximum absolute atomic E-state index is 13.8. The number of rotatable bonds is 16. The van der Waals surface area contributed by atoms with Crippen LogP contribution in [0.25, 0.3) is 0 Å². The van der Waals surface area contributed by atoms with Crippen LogP contribution in [0.4, 0.5) is 0 Å². The Balaban J connectivity index is 1.81. The van der Waals surface area contributed by atoms with Crippen LogP contribution in [0.5, 0.6) is 11.5 Å². The first-order chi connectivity index (χ1) is 21.7. The first-order valence-corrected chi connectivity index (χ1v) is 16.9. The zero-order chi connectivity index (χ0) is 34.1. The summed E-state index contributed by atoms with van der Waals surface area (Å²) in [5.74, 6) is -1.55. The van der Waals surface area contributed by atoms with E-state index in [1.165, 1.54) is 38.1 Å². The Morgan fingerprint density at radius 3 is 1.72 bits per heavy atom. The van der Waals surface area contributed by atoms with E-state index in [0.29, 0.717) is 0 Å². The Labute approximate surface area is 264 Å².